The van der Waals surface area contributed by atoms with Gasteiger partial charge in [0.15, 0.2) is 5.82 Å². The van der Waals surface area contributed by atoms with Gasteiger partial charge in [0.05, 0.1) is 24.5 Å². The van der Waals surface area contributed by atoms with Crippen LogP contribution in [0.15, 0.2) is 16.7 Å². The highest BCUT2D eigenvalue weighted by molar-refractivity contribution is 9.10. The lowest BCUT2D eigenvalue weighted by Crippen LogP contribution is -1.88. The largest absolute Gasteiger partial charge is 0.481 e. The minimum absolute atomic E-state index is 0.346. The maximum absolute atomic E-state index is 13.0. The van der Waals surface area contributed by atoms with Gasteiger partial charge in [-0.3, -0.25) is 0 Å². The van der Waals surface area contributed by atoms with Crippen LogP contribution in [0.1, 0.15) is 6.85 Å². The lowest BCUT2D eigenvalue weighted by molar-refractivity contribution is 0.395. The van der Waals surface area contributed by atoms with Crippen LogP contribution in [0, 0.1) is 5.82 Å². The summed E-state index contributed by atoms with van der Waals surface area (Å²) < 4.78 is 51.7. The number of ether oxygens (including phenoxy) is 1. The summed E-state index contributed by atoms with van der Waals surface area (Å²) in [5.41, 5.74) is 0. The summed E-state index contributed by atoms with van der Waals surface area (Å²) in [6, 6.07) is -0.542. The fourth-order valence-electron chi connectivity index (χ4n) is 0.374. The highest BCUT2D eigenvalue weighted by Crippen LogP contribution is 2.18. The third-order valence-electron chi connectivity index (χ3n) is 0.762. The summed E-state index contributed by atoms with van der Waals surface area (Å²) in [7, 11) is -2.79. The molecular formula is C6H5BrFNO. The first-order valence-corrected chi connectivity index (χ1v) is 3.03. The van der Waals surface area contributed by atoms with Crippen LogP contribution in [0.4, 0.5) is 4.39 Å². The van der Waals surface area contributed by atoms with Crippen molar-refractivity contribution in [1.29, 1.82) is 0 Å². The van der Waals surface area contributed by atoms with Crippen molar-refractivity contribution in [1.82, 2.24) is 4.98 Å². The predicted octanol–water partition coefficient (Wildman–Crippen LogP) is 1.99. The van der Waals surface area contributed by atoms with E-state index in [4.69, 9.17) is 6.85 Å². The van der Waals surface area contributed by atoms with Crippen LogP contribution in [0.5, 0.6) is 5.88 Å². The predicted molar refractivity (Wildman–Crippen MR) is 38.4 cm³/mol. The van der Waals surface area contributed by atoms with Gasteiger partial charge in [-0.25, -0.2) is 9.37 Å². The van der Waals surface area contributed by atoms with E-state index in [-0.39, 0.29) is 4.47 Å². The summed E-state index contributed by atoms with van der Waals surface area (Å²) >= 11 is 2.70. The molecule has 1 aromatic rings. The minimum Gasteiger partial charge on any atom is -0.481 e. The van der Waals surface area contributed by atoms with E-state index in [0.29, 0.717) is 0 Å². The molecule has 4 heteroatoms. The molecule has 1 heterocycles. The Hall–Kier alpha value is -0.640. The van der Waals surface area contributed by atoms with Gasteiger partial charge < -0.3 is 4.74 Å². The monoisotopic (exact) mass is 210 g/mol. The maximum Gasteiger partial charge on any atom is 0.214 e. The molecule has 0 bridgehead atoms. The Kier molecular flexibility index (Phi) is 0.940. The van der Waals surface area contributed by atoms with Gasteiger partial charge >= 0.3 is 0 Å². The molecule has 1 aromatic heterocycles. The number of methoxy groups -OCH3 is 1. The van der Waals surface area contributed by atoms with E-state index in [1.165, 1.54) is 0 Å². The van der Waals surface area contributed by atoms with Crippen LogP contribution in [-0.4, -0.2) is 12.0 Å². The Morgan fingerprint density at radius 1 is 2.00 bits per heavy atom. The highest BCUT2D eigenvalue weighted by Gasteiger charge is 1.99. The number of pyridine rings is 1. The first kappa shape index (κ1) is 3.17. The van der Waals surface area contributed by atoms with E-state index in [1.54, 1.807) is 0 Å². The average molecular weight is 211 g/mol. The molecule has 0 aliphatic carbocycles. The molecule has 0 aromatic carbocycles. The van der Waals surface area contributed by atoms with Crippen LogP contribution >= 0.6 is 15.9 Å². The van der Waals surface area contributed by atoms with Gasteiger partial charge in [-0.05, 0) is 15.9 Å². The van der Waals surface area contributed by atoms with E-state index in [1.807, 2.05) is 0 Å². The molecule has 0 aliphatic heterocycles. The number of hydrogen-bond acceptors (Lipinski definition) is 2. The lowest BCUT2D eigenvalue weighted by atomic mass is 10.5. The Labute approximate surface area is 73.2 Å². The Morgan fingerprint density at radius 2 is 2.80 bits per heavy atom. The van der Waals surface area contributed by atoms with E-state index >= 15 is 0 Å². The lowest BCUT2D eigenvalue weighted by Gasteiger charge is -1.97. The molecule has 0 aliphatic rings. The minimum atomic E-state index is -2.79. The third kappa shape index (κ3) is 1.44. The zero-order valence-electron chi connectivity index (χ0n) is 9.61. The molecule has 54 valence electrons. The van der Waals surface area contributed by atoms with Gasteiger partial charge in [0.25, 0.3) is 0 Å². The first-order chi connectivity index (χ1) is 6.72. The standard InChI is InChI=1S/C6H5BrFNO/c1-10-6-2-4(7)5(8)3-9-6/h2-3H,1H3/i1D3,2D,3D. The second-order valence-corrected chi connectivity index (χ2v) is 2.18. The van der Waals surface area contributed by atoms with Gasteiger partial charge in [0, 0.05) is 6.04 Å². The van der Waals surface area contributed by atoms with Gasteiger partial charge in [-0.2, -0.15) is 0 Å². The molecular weight excluding hydrogens is 201 g/mol. The van der Waals surface area contributed by atoms with Gasteiger partial charge in [-0.15, -0.1) is 0 Å². The highest BCUT2D eigenvalue weighted by atomic mass is 79.9. The molecule has 1 rings (SSSR count). The molecule has 0 N–H and O–H groups in total. The Morgan fingerprint density at radius 3 is 3.50 bits per heavy atom. The van der Waals surface area contributed by atoms with Crippen molar-refractivity contribution in [2.24, 2.45) is 0 Å². The van der Waals surface area contributed by atoms with Crippen molar-refractivity contribution in [3.05, 3.63) is 22.5 Å². The zero-order valence-corrected chi connectivity index (χ0v) is 6.20. The quantitative estimate of drug-likeness (QED) is 0.708. The topological polar surface area (TPSA) is 22.1 Å². The summed E-state index contributed by atoms with van der Waals surface area (Å²) in [4.78, 5) is 3.21. The van der Waals surface area contributed by atoms with Crippen LogP contribution in [0.2, 0.25) is 0 Å². The molecule has 0 spiro atoms. The van der Waals surface area contributed by atoms with Gasteiger partial charge in [0.2, 0.25) is 5.88 Å². The van der Waals surface area contributed by atoms with Crippen LogP contribution < -0.4 is 4.74 Å². The molecule has 0 unspecified atom stereocenters. The molecule has 10 heavy (non-hydrogen) atoms. The van der Waals surface area contributed by atoms with Crippen molar-refractivity contribution in [2.45, 2.75) is 0 Å². The van der Waals surface area contributed by atoms with E-state index in [2.05, 4.69) is 25.7 Å². The number of hydrogen-bond donors (Lipinski definition) is 0. The fraction of sp³-hybridized carbons (Fsp3) is 0.167. The first-order valence-electron chi connectivity index (χ1n) is 4.73. The number of halogens is 2. The van der Waals surface area contributed by atoms with Gasteiger partial charge in [0.1, 0.15) is 0 Å². The Balaban J connectivity index is 3.21. The van der Waals surface area contributed by atoms with Crippen molar-refractivity contribution in [3.63, 3.8) is 0 Å². The average Bonchev–Trinajstić information content (AvgIpc) is 2.08. The SMILES string of the molecule is [2H]c1nc(OC([2H])([2H])[2H])c([2H])c(Br)c1F. The summed E-state index contributed by atoms with van der Waals surface area (Å²) in [5.74, 6) is -1.63. The molecule has 0 atom stereocenters. The fourth-order valence-corrected chi connectivity index (χ4v) is 0.632. The van der Waals surface area contributed by atoms with Crippen molar-refractivity contribution >= 4 is 15.9 Å². The number of nitrogens with zero attached hydrogens (tertiary/aromatic N) is 1. The summed E-state index contributed by atoms with van der Waals surface area (Å²) in [6.07, 6.45) is -0.780. The van der Waals surface area contributed by atoms with Gasteiger partial charge in [-0.1, -0.05) is 0 Å². The normalized spacial score (nSPS) is 18.0. The molecule has 2 nitrogen and oxygen atoms in total. The zero-order chi connectivity index (χ0) is 11.8. The Bertz CT molecular complexity index is 396. The second kappa shape index (κ2) is 2.96. The van der Waals surface area contributed by atoms with E-state index in [0.717, 1.165) is 0 Å². The van der Waals surface area contributed by atoms with E-state index in [9.17, 15) is 4.39 Å². The van der Waals surface area contributed by atoms with Crippen LogP contribution in [0.3, 0.4) is 0 Å². The molecule has 0 amide bonds. The molecule has 0 radical (unpaired) electrons. The second-order valence-electron chi connectivity index (χ2n) is 1.38. The molecule has 0 fully saturated rings. The summed E-state index contributed by atoms with van der Waals surface area (Å²) in [5, 5.41) is 0. The maximum atomic E-state index is 13.0. The van der Waals surface area contributed by atoms with Crippen LogP contribution in [0.25, 0.3) is 0 Å². The van der Waals surface area contributed by atoms with Crippen molar-refractivity contribution in [2.75, 3.05) is 7.04 Å². The van der Waals surface area contributed by atoms with Crippen molar-refractivity contribution < 1.29 is 16.0 Å². The molecule has 0 saturated carbocycles. The summed E-state index contributed by atoms with van der Waals surface area (Å²) in [6.45, 7) is 0. The van der Waals surface area contributed by atoms with E-state index < -0.39 is 31.0 Å². The smallest absolute Gasteiger partial charge is 0.214 e. The van der Waals surface area contributed by atoms with Crippen LogP contribution in [-0.2, 0) is 0 Å². The van der Waals surface area contributed by atoms with Crippen molar-refractivity contribution in [3.8, 4) is 5.88 Å². The third-order valence-corrected chi connectivity index (χ3v) is 1.31. The number of aromatic nitrogens is 1. The number of rotatable bonds is 1. The molecule has 0 saturated heterocycles.